The van der Waals surface area contributed by atoms with Gasteiger partial charge in [-0.15, -0.1) is 11.3 Å². The van der Waals surface area contributed by atoms with E-state index in [4.69, 9.17) is 0 Å². The smallest absolute Gasteiger partial charge is 0.191 e. The van der Waals surface area contributed by atoms with Gasteiger partial charge in [0.25, 0.3) is 0 Å². The van der Waals surface area contributed by atoms with E-state index in [0.29, 0.717) is 12.6 Å². The summed E-state index contributed by atoms with van der Waals surface area (Å²) in [4.78, 5) is 12.9. The molecule has 5 nitrogen and oxygen atoms in total. The van der Waals surface area contributed by atoms with E-state index >= 15 is 0 Å². The minimum atomic E-state index is 0.576. The van der Waals surface area contributed by atoms with Crippen LogP contribution >= 0.6 is 11.3 Å². The number of rotatable bonds is 8. The van der Waals surface area contributed by atoms with Gasteiger partial charge in [0.2, 0.25) is 0 Å². The molecule has 0 bridgehead atoms. The van der Waals surface area contributed by atoms with E-state index < -0.39 is 0 Å². The number of aromatic nitrogens is 1. The molecule has 0 spiro atoms. The molecule has 1 rings (SSSR count). The predicted molar refractivity (Wildman–Crippen MR) is 96.8 cm³/mol. The Morgan fingerprint density at radius 3 is 2.50 bits per heavy atom. The fraction of sp³-hybridized carbons (Fsp3) is 0.750. The highest BCUT2D eigenvalue weighted by atomic mass is 32.1. The van der Waals surface area contributed by atoms with Gasteiger partial charge in [0.1, 0.15) is 5.01 Å². The number of likely N-dealkylation sites (N-methyl/N-ethyl adjacent to an activating group) is 1. The molecule has 0 aromatic carbocycles. The van der Waals surface area contributed by atoms with Crippen LogP contribution in [0.15, 0.2) is 4.99 Å². The zero-order valence-corrected chi connectivity index (χ0v) is 15.7. The van der Waals surface area contributed by atoms with Crippen molar-refractivity contribution in [1.82, 2.24) is 20.5 Å². The van der Waals surface area contributed by atoms with Gasteiger partial charge < -0.3 is 10.6 Å². The highest BCUT2D eigenvalue weighted by molar-refractivity contribution is 7.11. The number of nitrogens with zero attached hydrogens (tertiary/aromatic N) is 3. The van der Waals surface area contributed by atoms with Gasteiger partial charge in [-0.1, -0.05) is 6.92 Å². The summed E-state index contributed by atoms with van der Waals surface area (Å²) in [5.41, 5.74) is 1.11. The minimum absolute atomic E-state index is 0.576. The van der Waals surface area contributed by atoms with Crippen molar-refractivity contribution in [3.8, 4) is 0 Å². The van der Waals surface area contributed by atoms with Crippen LogP contribution in [0.2, 0.25) is 0 Å². The number of guanidine groups is 1. The zero-order valence-electron chi connectivity index (χ0n) is 14.9. The van der Waals surface area contributed by atoms with Gasteiger partial charge in [-0.25, -0.2) is 9.98 Å². The van der Waals surface area contributed by atoms with Crippen molar-refractivity contribution >= 4 is 17.3 Å². The lowest BCUT2D eigenvalue weighted by Crippen LogP contribution is -2.43. The maximum absolute atomic E-state index is 4.63. The molecule has 0 amide bonds. The van der Waals surface area contributed by atoms with E-state index in [1.807, 2.05) is 6.92 Å². The monoisotopic (exact) mass is 325 g/mol. The fourth-order valence-corrected chi connectivity index (χ4v) is 3.05. The van der Waals surface area contributed by atoms with Gasteiger partial charge in [0.05, 0.1) is 12.2 Å². The van der Waals surface area contributed by atoms with Gasteiger partial charge in [-0.2, -0.15) is 0 Å². The highest BCUT2D eigenvalue weighted by Crippen LogP contribution is 2.16. The lowest BCUT2D eigenvalue weighted by atomic mass is 10.3. The second kappa shape index (κ2) is 9.79. The Labute approximate surface area is 139 Å². The van der Waals surface area contributed by atoms with Crippen LogP contribution in [-0.2, 0) is 6.54 Å². The molecule has 0 radical (unpaired) electrons. The lowest BCUT2D eigenvalue weighted by Gasteiger charge is -2.25. The third kappa shape index (κ3) is 6.32. The molecule has 1 aromatic rings. The SMILES string of the molecule is CCNC(=NCc1nc(C)c(C)s1)NCCN(CC)C(C)C. The molecule has 126 valence electrons. The molecule has 0 aliphatic rings. The standard InChI is InChI=1S/C16H31N5S/c1-7-17-16(18-9-10-21(8-2)12(3)4)19-11-15-20-13(5)14(6)22-15/h12H,7-11H2,1-6H3,(H2,17,18,19). The molecule has 22 heavy (non-hydrogen) atoms. The molecular formula is C16H31N5S. The Morgan fingerprint density at radius 2 is 2.00 bits per heavy atom. The number of hydrogen-bond acceptors (Lipinski definition) is 4. The van der Waals surface area contributed by atoms with Crippen LogP contribution in [-0.4, -0.2) is 48.1 Å². The minimum Gasteiger partial charge on any atom is -0.357 e. The van der Waals surface area contributed by atoms with Crippen molar-refractivity contribution in [3.63, 3.8) is 0 Å². The van der Waals surface area contributed by atoms with Crippen molar-refractivity contribution in [3.05, 3.63) is 15.6 Å². The average Bonchev–Trinajstić information content (AvgIpc) is 2.79. The first-order valence-corrected chi connectivity index (χ1v) is 8.98. The lowest BCUT2D eigenvalue weighted by molar-refractivity contribution is 0.237. The molecule has 1 heterocycles. The molecule has 1 aromatic heterocycles. The van der Waals surface area contributed by atoms with E-state index in [2.05, 4.69) is 60.1 Å². The molecule has 0 saturated carbocycles. The first-order chi connectivity index (χ1) is 10.5. The Balaban J connectivity index is 2.51. The van der Waals surface area contributed by atoms with Crippen molar-refractivity contribution in [2.45, 2.75) is 54.1 Å². The first-order valence-electron chi connectivity index (χ1n) is 8.17. The quantitative estimate of drug-likeness (QED) is 0.570. The van der Waals surface area contributed by atoms with Crippen molar-refractivity contribution < 1.29 is 0 Å². The van der Waals surface area contributed by atoms with Crippen LogP contribution in [0.1, 0.15) is 43.3 Å². The Kier molecular flexibility index (Phi) is 8.42. The number of nitrogens with one attached hydrogen (secondary N) is 2. The van der Waals surface area contributed by atoms with Crippen molar-refractivity contribution in [2.75, 3.05) is 26.2 Å². The van der Waals surface area contributed by atoms with Crippen LogP contribution < -0.4 is 10.6 Å². The third-order valence-electron chi connectivity index (χ3n) is 3.62. The summed E-state index contributed by atoms with van der Waals surface area (Å²) in [6, 6.07) is 0.576. The summed E-state index contributed by atoms with van der Waals surface area (Å²) in [6.07, 6.45) is 0. The number of aryl methyl sites for hydroxylation is 2. The van der Waals surface area contributed by atoms with Gasteiger partial charge in [0, 0.05) is 30.6 Å². The predicted octanol–water partition coefficient (Wildman–Crippen LogP) is 2.55. The van der Waals surface area contributed by atoms with E-state index in [1.54, 1.807) is 11.3 Å². The average molecular weight is 326 g/mol. The normalized spacial score (nSPS) is 12.3. The Hall–Kier alpha value is -1.14. The molecule has 0 fully saturated rings. The first kappa shape index (κ1) is 18.9. The fourth-order valence-electron chi connectivity index (χ4n) is 2.19. The van der Waals surface area contributed by atoms with Crippen molar-refractivity contribution in [2.24, 2.45) is 4.99 Å². The highest BCUT2D eigenvalue weighted by Gasteiger charge is 2.07. The summed E-state index contributed by atoms with van der Waals surface area (Å²) in [5, 5.41) is 7.77. The number of thiazole rings is 1. The van der Waals surface area contributed by atoms with E-state index in [1.165, 1.54) is 4.88 Å². The van der Waals surface area contributed by atoms with Crippen molar-refractivity contribution in [1.29, 1.82) is 0 Å². The largest absolute Gasteiger partial charge is 0.357 e. The Morgan fingerprint density at radius 1 is 1.27 bits per heavy atom. The summed E-state index contributed by atoms with van der Waals surface area (Å²) in [5.74, 6) is 0.868. The van der Waals surface area contributed by atoms with Crippen LogP contribution in [0.4, 0.5) is 0 Å². The molecule has 6 heteroatoms. The Bertz CT molecular complexity index is 448. The summed E-state index contributed by atoms with van der Waals surface area (Å²) in [6.45, 7) is 17.4. The van der Waals surface area contributed by atoms with Gasteiger partial charge >= 0.3 is 0 Å². The molecule has 0 saturated heterocycles. The van der Waals surface area contributed by atoms with Gasteiger partial charge in [-0.05, 0) is 41.2 Å². The molecule has 0 aliphatic carbocycles. The second-order valence-corrected chi connectivity index (χ2v) is 6.88. The van der Waals surface area contributed by atoms with Gasteiger partial charge in [0.15, 0.2) is 5.96 Å². The third-order valence-corrected chi connectivity index (χ3v) is 4.68. The van der Waals surface area contributed by atoms with Crippen LogP contribution in [0.3, 0.4) is 0 Å². The van der Waals surface area contributed by atoms with Gasteiger partial charge in [-0.3, -0.25) is 4.90 Å². The van der Waals surface area contributed by atoms with E-state index in [-0.39, 0.29) is 0 Å². The van der Waals surface area contributed by atoms with Crippen LogP contribution in [0, 0.1) is 13.8 Å². The summed E-state index contributed by atoms with van der Waals surface area (Å²) < 4.78 is 0. The second-order valence-electron chi connectivity index (χ2n) is 5.59. The topological polar surface area (TPSA) is 52.6 Å². The van der Waals surface area contributed by atoms with Crippen LogP contribution in [0.5, 0.6) is 0 Å². The number of aliphatic imine (C=N–C) groups is 1. The molecule has 2 N–H and O–H groups in total. The number of hydrogen-bond donors (Lipinski definition) is 2. The zero-order chi connectivity index (χ0) is 16.5. The summed E-state index contributed by atoms with van der Waals surface area (Å²) in [7, 11) is 0. The molecule has 0 unspecified atom stereocenters. The summed E-state index contributed by atoms with van der Waals surface area (Å²) >= 11 is 1.73. The molecule has 0 aliphatic heterocycles. The van der Waals surface area contributed by atoms with Crippen LogP contribution in [0.25, 0.3) is 0 Å². The molecular weight excluding hydrogens is 294 g/mol. The maximum atomic E-state index is 4.63. The van der Waals surface area contributed by atoms with E-state index in [9.17, 15) is 0 Å². The van der Waals surface area contributed by atoms with E-state index in [0.717, 1.165) is 42.8 Å². The maximum Gasteiger partial charge on any atom is 0.191 e. The molecule has 0 atom stereocenters.